The maximum absolute atomic E-state index is 13.5. The van der Waals surface area contributed by atoms with E-state index in [-0.39, 0.29) is 17.6 Å². The molecular formula is C12H19FN2O. The summed E-state index contributed by atoms with van der Waals surface area (Å²) < 4.78 is 18.4. The number of halogens is 1. The molecule has 0 aliphatic carbocycles. The van der Waals surface area contributed by atoms with Gasteiger partial charge in [0.15, 0.2) is 11.6 Å². The second-order valence-electron chi connectivity index (χ2n) is 3.72. The van der Waals surface area contributed by atoms with Crippen LogP contribution in [0.15, 0.2) is 18.2 Å². The predicted molar refractivity (Wildman–Crippen MR) is 63.1 cm³/mol. The number of hydrogen-bond donors (Lipinski definition) is 1. The minimum absolute atomic E-state index is 0.0467. The van der Waals surface area contributed by atoms with Crippen LogP contribution in [0, 0.1) is 5.82 Å². The number of likely N-dealkylation sites (N-methyl/N-ethyl adjacent to an activating group) is 1. The van der Waals surface area contributed by atoms with Gasteiger partial charge in [-0.05, 0) is 31.3 Å². The van der Waals surface area contributed by atoms with E-state index in [0.717, 1.165) is 12.1 Å². The number of hydrogen-bond acceptors (Lipinski definition) is 3. The summed E-state index contributed by atoms with van der Waals surface area (Å²) in [5, 5.41) is 0. The third-order valence-corrected chi connectivity index (χ3v) is 2.81. The minimum atomic E-state index is -0.344. The van der Waals surface area contributed by atoms with Crippen molar-refractivity contribution in [3.8, 4) is 5.75 Å². The summed E-state index contributed by atoms with van der Waals surface area (Å²) in [5.41, 5.74) is 6.59. The van der Waals surface area contributed by atoms with Crippen molar-refractivity contribution in [1.82, 2.24) is 4.90 Å². The van der Waals surface area contributed by atoms with Gasteiger partial charge in [-0.3, -0.25) is 4.90 Å². The molecule has 0 fully saturated rings. The topological polar surface area (TPSA) is 38.5 Å². The maximum atomic E-state index is 13.5. The average molecular weight is 226 g/mol. The van der Waals surface area contributed by atoms with Gasteiger partial charge in [0.2, 0.25) is 0 Å². The van der Waals surface area contributed by atoms with Gasteiger partial charge in [0, 0.05) is 12.6 Å². The van der Waals surface area contributed by atoms with Crippen molar-refractivity contribution < 1.29 is 9.13 Å². The third kappa shape index (κ3) is 2.71. The first-order valence-corrected chi connectivity index (χ1v) is 5.37. The SMILES string of the molecule is CCN(C)C(CN)c1ccc(OC)c(F)c1. The van der Waals surface area contributed by atoms with E-state index in [4.69, 9.17) is 10.5 Å². The van der Waals surface area contributed by atoms with Crippen LogP contribution >= 0.6 is 0 Å². The quantitative estimate of drug-likeness (QED) is 0.831. The number of methoxy groups -OCH3 is 1. The van der Waals surface area contributed by atoms with Crippen molar-refractivity contribution in [3.05, 3.63) is 29.6 Å². The minimum Gasteiger partial charge on any atom is -0.494 e. The summed E-state index contributed by atoms with van der Waals surface area (Å²) in [6.07, 6.45) is 0. The molecule has 4 heteroatoms. The van der Waals surface area contributed by atoms with Gasteiger partial charge in [0.05, 0.1) is 7.11 Å². The van der Waals surface area contributed by atoms with E-state index >= 15 is 0 Å². The molecule has 0 heterocycles. The fourth-order valence-electron chi connectivity index (χ4n) is 1.68. The van der Waals surface area contributed by atoms with Gasteiger partial charge in [-0.15, -0.1) is 0 Å². The molecule has 0 spiro atoms. The highest BCUT2D eigenvalue weighted by molar-refractivity contribution is 5.31. The second kappa shape index (κ2) is 5.82. The highest BCUT2D eigenvalue weighted by atomic mass is 19.1. The highest BCUT2D eigenvalue weighted by Gasteiger charge is 2.15. The molecule has 0 saturated carbocycles. The van der Waals surface area contributed by atoms with E-state index < -0.39 is 0 Å². The molecule has 0 radical (unpaired) electrons. The lowest BCUT2D eigenvalue weighted by Gasteiger charge is -2.26. The average Bonchev–Trinajstić information content (AvgIpc) is 2.30. The molecule has 0 bridgehead atoms. The maximum Gasteiger partial charge on any atom is 0.165 e. The van der Waals surface area contributed by atoms with Crippen LogP contribution in [0.2, 0.25) is 0 Å². The molecule has 1 unspecified atom stereocenters. The number of rotatable bonds is 5. The Morgan fingerprint density at radius 3 is 2.62 bits per heavy atom. The molecule has 0 aromatic heterocycles. The van der Waals surface area contributed by atoms with E-state index in [1.165, 1.54) is 13.2 Å². The van der Waals surface area contributed by atoms with Crippen molar-refractivity contribution in [1.29, 1.82) is 0 Å². The van der Waals surface area contributed by atoms with Crippen LogP contribution in [0.4, 0.5) is 4.39 Å². The summed E-state index contributed by atoms with van der Waals surface area (Å²) >= 11 is 0. The molecule has 1 aromatic carbocycles. The van der Waals surface area contributed by atoms with E-state index in [1.807, 2.05) is 20.0 Å². The molecule has 0 amide bonds. The predicted octanol–water partition coefficient (Wildman–Crippen LogP) is 1.79. The zero-order valence-electron chi connectivity index (χ0n) is 10.0. The van der Waals surface area contributed by atoms with Crippen molar-refractivity contribution in [2.24, 2.45) is 5.73 Å². The molecule has 0 aliphatic rings. The van der Waals surface area contributed by atoms with Crippen LogP contribution in [0.3, 0.4) is 0 Å². The first-order chi connectivity index (χ1) is 7.63. The largest absolute Gasteiger partial charge is 0.494 e. The van der Waals surface area contributed by atoms with Crippen molar-refractivity contribution in [3.63, 3.8) is 0 Å². The molecule has 1 atom stereocenters. The van der Waals surface area contributed by atoms with Crippen LogP contribution < -0.4 is 10.5 Å². The highest BCUT2D eigenvalue weighted by Crippen LogP contribution is 2.24. The van der Waals surface area contributed by atoms with Gasteiger partial charge in [0.25, 0.3) is 0 Å². The van der Waals surface area contributed by atoms with Gasteiger partial charge >= 0.3 is 0 Å². The molecule has 1 aromatic rings. The van der Waals surface area contributed by atoms with Crippen molar-refractivity contribution in [2.75, 3.05) is 27.2 Å². The third-order valence-electron chi connectivity index (χ3n) is 2.81. The van der Waals surface area contributed by atoms with Crippen LogP contribution in [0.5, 0.6) is 5.75 Å². The Hall–Kier alpha value is -1.13. The number of ether oxygens (including phenoxy) is 1. The molecule has 3 nitrogen and oxygen atoms in total. The molecule has 0 saturated heterocycles. The Bertz CT molecular complexity index is 344. The van der Waals surface area contributed by atoms with Gasteiger partial charge < -0.3 is 10.5 Å². The summed E-state index contributed by atoms with van der Waals surface area (Å²) in [7, 11) is 3.43. The number of nitrogens with zero attached hydrogens (tertiary/aromatic N) is 1. The molecule has 90 valence electrons. The van der Waals surface area contributed by atoms with Gasteiger partial charge in [-0.1, -0.05) is 13.0 Å². The lowest BCUT2D eigenvalue weighted by molar-refractivity contribution is 0.262. The summed E-state index contributed by atoms with van der Waals surface area (Å²) in [5.74, 6) is -0.0818. The molecule has 1 rings (SSSR count). The number of benzene rings is 1. The first-order valence-electron chi connectivity index (χ1n) is 5.37. The van der Waals surface area contributed by atoms with Crippen LogP contribution in [-0.2, 0) is 0 Å². The first kappa shape index (κ1) is 12.9. The Balaban J connectivity index is 2.98. The van der Waals surface area contributed by atoms with Crippen LogP contribution in [0.1, 0.15) is 18.5 Å². The lowest BCUT2D eigenvalue weighted by Crippen LogP contribution is -2.30. The van der Waals surface area contributed by atoms with E-state index in [2.05, 4.69) is 4.90 Å². The molecule has 2 N–H and O–H groups in total. The van der Waals surface area contributed by atoms with Crippen molar-refractivity contribution in [2.45, 2.75) is 13.0 Å². The molecule has 0 aliphatic heterocycles. The van der Waals surface area contributed by atoms with E-state index in [1.54, 1.807) is 6.07 Å². The smallest absolute Gasteiger partial charge is 0.165 e. The van der Waals surface area contributed by atoms with Crippen LogP contribution in [0.25, 0.3) is 0 Å². The second-order valence-corrected chi connectivity index (χ2v) is 3.72. The zero-order chi connectivity index (χ0) is 12.1. The van der Waals surface area contributed by atoms with Crippen LogP contribution in [-0.4, -0.2) is 32.1 Å². The normalized spacial score (nSPS) is 12.9. The summed E-state index contributed by atoms with van der Waals surface area (Å²) in [6.45, 7) is 3.38. The molecular weight excluding hydrogens is 207 g/mol. The molecule has 16 heavy (non-hydrogen) atoms. The Morgan fingerprint density at radius 2 is 2.19 bits per heavy atom. The van der Waals surface area contributed by atoms with E-state index in [9.17, 15) is 4.39 Å². The number of nitrogens with two attached hydrogens (primary N) is 1. The summed E-state index contributed by atoms with van der Waals surface area (Å²) in [4.78, 5) is 2.08. The Kier molecular flexibility index (Phi) is 4.71. The monoisotopic (exact) mass is 226 g/mol. The Morgan fingerprint density at radius 1 is 1.50 bits per heavy atom. The van der Waals surface area contributed by atoms with Gasteiger partial charge in [0.1, 0.15) is 0 Å². The zero-order valence-corrected chi connectivity index (χ0v) is 10.0. The fourth-order valence-corrected chi connectivity index (χ4v) is 1.68. The van der Waals surface area contributed by atoms with Gasteiger partial charge in [-0.2, -0.15) is 0 Å². The standard InChI is InChI=1S/C12H19FN2O/c1-4-15(2)11(8-14)9-5-6-12(16-3)10(13)7-9/h5-7,11H,4,8,14H2,1-3H3. The van der Waals surface area contributed by atoms with E-state index in [0.29, 0.717) is 6.54 Å². The van der Waals surface area contributed by atoms with Crippen molar-refractivity contribution >= 4 is 0 Å². The Labute approximate surface area is 96.0 Å². The van der Waals surface area contributed by atoms with Gasteiger partial charge in [-0.25, -0.2) is 4.39 Å². The lowest BCUT2D eigenvalue weighted by atomic mass is 10.1. The fraction of sp³-hybridized carbons (Fsp3) is 0.500. The summed E-state index contributed by atoms with van der Waals surface area (Å²) in [6, 6.07) is 5.02.